The smallest absolute Gasteiger partial charge is 0.231 e. The van der Waals surface area contributed by atoms with Gasteiger partial charge in [0.25, 0.3) is 0 Å². The van der Waals surface area contributed by atoms with E-state index in [4.69, 9.17) is 16.6 Å². The van der Waals surface area contributed by atoms with Crippen LogP contribution in [-0.4, -0.2) is 21.4 Å². The van der Waals surface area contributed by atoms with Crippen LogP contribution in [-0.2, 0) is 4.79 Å². The minimum absolute atomic E-state index is 0.0718. The van der Waals surface area contributed by atoms with Crippen molar-refractivity contribution in [1.29, 1.82) is 0 Å². The maximum Gasteiger partial charge on any atom is 0.231 e. The zero-order valence-corrected chi connectivity index (χ0v) is 16.2. The highest BCUT2D eigenvalue weighted by Crippen LogP contribution is 2.25. The number of aryl methyl sites for hydroxylation is 1. The molecule has 0 saturated carbocycles. The summed E-state index contributed by atoms with van der Waals surface area (Å²) in [6.45, 7) is 3.91. The van der Waals surface area contributed by atoms with Gasteiger partial charge >= 0.3 is 0 Å². The lowest BCUT2D eigenvalue weighted by atomic mass is 10.2. The molecule has 2 heterocycles. The van der Waals surface area contributed by atoms with Gasteiger partial charge in [0.2, 0.25) is 5.91 Å². The zero-order valence-electron chi connectivity index (χ0n) is 13.8. The molecule has 8 heteroatoms. The van der Waals surface area contributed by atoms with E-state index in [1.165, 1.54) is 23.1 Å². The maximum absolute atomic E-state index is 12.1. The summed E-state index contributed by atoms with van der Waals surface area (Å²) in [6.07, 6.45) is 1.59. The number of para-hydroxylation sites is 1. The van der Waals surface area contributed by atoms with Crippen molar-refractivity contribution in [3.63, 3.8) is 0 Å². The monoisotopic (exact) mass is 391 g/mol. The fourth-order valence-corrected chi connectivity index (χ4v) is 4.45. The van der Waals surface area contributed by atoms with Gasteiger partial charge in [0.05, 0.1) is 23.7 Å². The normalized spacial score (nSPS) is 12.1. The number of nitrogens with one attached hydrogen (secondary N) is 1. The van der Waals surface area contributed by atoms with E-state index in [9.17, 15) is 4.79 Å². The Hall–Kier alpha value is -1.90. The number of nitrogens with zero attached hydrogens (tertiary/aromatic N) is 2. The topological polar surface area (TPSA) is 60.1 Å². The van der Waals surface area contributed by atoms with Crippen LogP contribution in [0.5, 0.6) is 0 Å². The first kappa shape index (κ1) is 17.9. The van der Waals surface area contributed by atoms with Crippen molar-refractivity contribution >= 4 is 41.2 Å². The molecule has 3 aromatic rings. The average molecular weight is 392 g/mol. The van der Waals surface area contributed by atoms with Gasteiger partial charge in [-0.1, -0.05) is 41.3 Å². The van der Waals surface area contributed by atoms with Crippen molar-refractivity contribution < 1.29 is 9.21 Å². The van der Waals surface area contributed by atoms with Gasteiger partial charge in [-0.25, -0.2) is 4.68 Å². The second-order valence-electron chi connectivity index (χ2n) is 5.43. The number of carbonyl (C=O) groups excluding carboxylic acids is 1. The van der Waals surface area contributed by atoms with E-state index in [0.717, 1.165) is 21.4 Å². The molecule has 0 unspecified atom stereocenters. The quantitative estimate of drug-likeness (QED) is 0.494. The molecule has 0 bridgehead atoms. The first-order valence-corrected chi connectivity index (χ1v) is 9.87. The van der Waals surface area contributed by atoms with Crippen LogP contribution in [0.25, 0.3) is 5.69 Å². The Kier molecular flexibility index (Phi) is 5.72. The van der Waals surface area contributed by atoms with Crippen LogP contribution in [0.3, 0.4) is 0 Å². The van der Waals surface area contributed by atoms with Crippen LogP contribution in [0.1, 0.15) is 24.3 Å². The predicted molar refractivity (Wildman–Crippen MR) is 103 cm³/mol. The third-order valence-electron chi connectivity index (χ3n) is 3.55. The number of furan rings is 1. The molecule has 1 amide bonds. The van der Waals surface area contributed by atoms with Gasteiger partial charge in [-0.05, 0) is 49.8 Å². The van der Waals surface area contributed by atoms with E-state index < -0.39 is 0 Å². The molecular formula is C17H17N3O2S3. The molecule has 25 heavy (non-hydrogen) atoms. The standard InChI is InChI=1S/C17H17N3O2S3/c1-11-6-3-4-7-13(11)20-17(23)25-16(19-20)24-10-15(21)18-12(2)14-8-5-9-22-14/h3-9,12H,10H2,1-2H3,(H,18,21)/t12-/m1/s1. The second kappa shape index (κ2) is 7.99. The zero-order chi connectivity index (χ0) is 17.8. The number of rotatable bonds is 6. The molecule has 0 aliphatic rings. The summed E-state index contributed by atoms with van der Waals surface area (Å²) in [7, 11) is 0. The summed E-state index contributed by atoms with van der Waals surface area (Å²) in [5, 5.41) is 7.44. The van der Waals surface area contributed by atoms with E-state index in [1.54, 1.807) is 17.0 Å². The molecule has 130 valence electrons. The first-order valence-electron chi connectivity index (χ1n) is 7.66. The van der Waals surface area contributed by atoms with Gasteiger partial charge in [-0.2, -0.15) is 0 Å². The predicted octanol–water partition coefficient (Wildman–Crippen LogP) is 4.53. The van der Waals surface area contributed by atoms with E-state index in [1.807, 2.05) is 44.2 Å². The Morgan fingerprint density at radius 3 is 2.92 bits per heavy atom. The minimum Gasteiger partial charge on any atom is -0.467 e. The Bertz CT molecular complexity index is 915. The van der Waals surface area contributed by atoms with Gasteiger partial charge in [-0.15, -0.1) is 5.10 Å². The summed E-state index contributed by atoms with van der Waals surface area (Å²) >= 11 is 8.20. The number of thioether (sulfide) groups is 1. The van der Waals surface area contributed by atoms with E-state index in [2.05, 4.69) is 10.4 Å². The van der Waals surface area contributed by atoms with Crippen LogP contribution in [0.4, 0.5) is 0 Å². The second-order valence-corrected chi connectivity index (χ2v) is 8.27. The fourth-order valence-electron chi connectivity index (χ4n) is 2.29. The fraction of sp³-hybridized carbons (Fsp3) is 0.235. The minimum atomic E-state index is -0.161. The average Bonchev–Trinajstić information content (AvgIpc) is 3.23. The number of hydrogen-bond donors (Lipinski definition) is 1. The highest BCUT2D eigenvalue weighted by Gasteiger charge is 2.14. The Balaban J connectivity index is 1.63. The van der Waals surface area contributed by atoms with Crippen molar-refractivity contribution in [1.82, 2.24) is 15.1 Å². The number of aromatic nitrogens is 2. The third-order valence-corrected chi connectivity index (χ3v) is 5.91. The SMILES string of the molecule is Cc1ccccc1-n1nc(SCC(=O)N[C@H](C)c2ccco2)sc1=S. The Morgan fingerprint density at radius 2 is 2.20 bits per heavy atom. The summed E-state index contributed by atoms with van der Waals surface area (Å²) in [5.41, 5.74) is 2.07. The lowest BCUT2D eigenvalue weighted by molar-refractivity contribution is -0.119. The molecule has 1 atom stereocenters. The molecular weight excluding hydrogens is 374 g/mol. The van der Waals surface area contributed by atoms with Gasteiger partial charge in [0.1, 0.15) is 5.76 Å². The largest absolute Gasteiger partial charge is 0.467 e. The number of hydrogen-bond acceptors (Lipinski definition) is 6. The molecule has 2 aromatic heterocycles. The van der Waals surface area contributed by atoms with Crippen LogP contribution in [0, 0.1) is 10.9 Å². The van der Waals surface area contributed by atoms with Gasteiger partial charge < -0.3 is 9.73 Å². The molecule has 0 aliphatic carbocycles. The molecule has 0 aliphatic heterocycles. The van der Waals surface area contributed by atoms with Crippen molar-refractivity contribution in [3.8, 4) is 5.69 Å². The molecule has 0 radical (unpaired) electrons. The number of amides is 1. The molecule has 0 spiro atoms. The molecule has 1 N–H and O–H groups in total. The van der Waals surface area contributed by atoms with Gasteiger partial charge in [-0.3, -0.25) is 4.79 Å². The van der Waals surface area contributed by atoms with Crippen molar-refractivity contribution in [2.75, 3.05) is 5.75 Å². The Morgan fingerprint density at radius 1 is 1.40 bits per heavy atom. The summed E-state index contributed by atoms with van der Waals surface area (Å²) in [4.78, 5) is 12.1. The van der Waals surface area contributed by atoms with Crippen LogP contribution in [0.15, 0.2) is 51.4 Å². The molecule has 5 nitrogen and oxygen atoms in total. The lowest BCUT2D eigenvalue weighted by Gasteiger charge is -2.10. The van der Waals surface area contributed by atoms with Crippen LogP contribution >= 0.6 is 35.3 Å². The van der Waals surface area contributed by atoms with Gasteiger partial charge in [0, 0.05) is 0 Å². The van der Waals surface area contributed by atoms with E-state index in [0.29, 0.717) is 3.95 Å². The molecule has 0 saturated heterocycles. The highest BCUT2D eigenvalue weighted by molar-refractivity contribution is 8.01. The summed E-state index contributed by atoms with van der Waals surface area (Å²) in [5.74, 6) is 0.941. The van der Waals surface area contributed by atoms with Crippen molar-refractivity contribution in [2.24, 2.45) is 0 Å². The third kappa shape index (κ3) is 4.39. The van der Waals surface area contributed by atoms with Crippen molar-refractivity contribution in [2.45, 2.75) is 24.2 Å². The molecule has 1 aromatic carbocycles. The molecule has 0 fully saturated rings. The first-order chi connectivity index (χ1) is 12.0. The van der Waals surface area contributed by atoms with Crippen LogP contribution in [0.2, 0.25) is 0 Å². The highest BCUT2D eigenvalue weighted by atomic mass is 32.2. The van der Waals surface area contributed by atoms with Crippen LogP contribution < -0.4 is 5.32 Å². The summed E-state index contributed by atoms with van der Waals surface area (Å²) in [6, 6.07) is 11.4. The van der Waals surface area contributed by atoms with Gasteiger partial charge in [0.15, 0.2) is 8.29 Å². The number of benzene rings is 1. The summed E-state index contributed by atoms with van der Waals surface area (Å²) < 4.78 is 8.48. The maximum atomic E-state index is 12.1. The van der Waals surface area contributed by atoms with E-state index >= 15 is 0 Å². The number of carbonyl (C=O) groups is 1. The Labute approximate surface area is 159 Å². The lowest BCUT2D eigenvalue weighted by Crippen LogP contribution is -2.27. The van der Waals surface area contributed by atoms with Crippen molar-refractivity contribution in [3.05, 3.63) is 57.9 Å². The van der Waals surface area contributed by atoms with E-state index in [-0.39, 0.29) is 17.7 Å². The molecule has 3 rings (SSSR count).